The zero-order valence-corrected chi connectivity index (χ0v) is 15.7. The monoisotopic (exact) mass is 382 g/mol. The zero-order valence-electron chi connectivity index (χ0n) is 15.0. The van der Waals surface area contributed by atoms with Crippen LogP contribution in [0.4, 0.5) is 17.5 Å². The molecule has 0 atom stereocenters. The van der Waals surface area contributed by atoms with Crippen LogP contribution in [0.15, 0.2) is 54.6 Å². The van der Waals surface area contributed by atoms with Crippen LogP contribution in [0, 0.1) is 6.92 Å². The topological polar surface area (TPSA) is 76.1 Å². The molecule has 0 fully saturated rings. The molecule has 0 saturated carbocycles. The lowest BCUT2D eigenvalue weighted by Crippen LogP contribution is -2.06. The van der Waals surface area contributed by atoms with Gasteiger partial charge in [-0.05, 0) is 36.8 Å². The number of hydrogen-bond donors (Lipinski definition) is 2. The van der Waals surface area contributed by atoms with Crippen molar-refractivity contribution in [2.24, 2.45) is 0 Å². The van der Waals surface area contributed by atoms with Crippen molar-refractivity contribution >= 4 is 35.0 Å². The Labute approximate surface area is 162 Å². The van der Waals surface area contributed by atoms with Gasteiger partial charge in [0.15, 0.2) is 0 Å². The standard InChI is InChI=1S/C20H19ClN4O2/c1-13-10-18(22-12-15-6-3-4-9-17(15)21)25-20(23-13)24-16-8-5-7-14(11-16)19(26)27-2/h3-11H,12H2,1-2H3,(H2,22,23,24,25). The molecule has 0 aliphatic rings. The highest BCUT2D eigenvalue weighted by atomic mass is 35.5. The number of ether oxygens (including phenoxy) is 1. The van der Waals surface area contributed by atoms with Gasteiger partial charge in [-0.15, -0.1) is 0 Å². The van der Waals surface area contributed by atoms with Gasteiger partial charge in [0.25, 0.3) is 0 Å². The molecule has 0 unspecified atom stereocenters. The van der Waals surface area contributed by atoms with Crippen LogP contribution >= 0.6 is 11.6 Å². The van der Waals surface area contributed by atoms with Crippen LogP contribution in [0.2, 0.25) is 5.02 Å². The Balaban J connectivity index is 1.75. The fourth-order valence-electron chi connectivity index (χ4n) is 2.51. The summed E-state index contributed by atoms with van der Waals surface area (Å²) in [6.45, 7) is 2.44. The number of rotatable bonds is 6. The van der Waals surface area contributed by atoms with Crippen molar-refractivity contribution in [3.05, 3.63) is 76.4 Å². The highest BCUT2D eigenvalue weighted by Gasteiger charge is 2.08. The molecule has 1 aromatic heterocycles. The minimum absolute atomic E-state index is 0.397. The summed E-state index contributed by atoms with van der Waals surface area (Å²) >= 11 is 6.19. The van der Waals surface area contributed by atoms with E-state index in [0.29, 0.717) is 34.6 Å². The molecule has 138 valence electrons. The Kier molecular flexibility index (Phi) is 5.88. The van der Waals surface area contributed by atoms with E-state index in [1.54, 1.807) is 18.2 Å². The number of carbonyl (C=O) groups excluding carboxylic acids is 1. The van der Waals surface area contributed by atoms with Crippen LogP contribution in [0.25, 0.3) is 0 Å². The second-order valence-corrected chi connectivity index (χ2v) is 6.27. The van der Waals surface area contributed by atoms with Crippen molar-refractivity contribution in [3.63, 3.8) is 0 Å². The van der Waals surface area contributed by atoms with Gasteiger partial charge in [0.2, 0.25) is 5.95 Å². The number of aryl methyl sites for hydroxylation is 1. The first-order valence-corrected chi connectivity index (χ1v) is 8.71. The molecular formula is C20H19ClN4O2. The van der Waals surface area contributed by atoms with E-state index < -0.39 is 5.97 Å². The van der Waals surface area contributed by atoms with E-state index in [2.05, 4.69) is 20.6 Å². The van der Waals surface area contributed by atoms with Crippen LogP contribution < -0.4 is 10.6 Å². The van der Waals surface area contributed by atoms with Crippen LogP contribution in [0.1, 0.15) is 21.6 Å². The lowest BCUT2D eigenvalue weighted by molar-refractivity contribution is 0.0601. The number of hydrogen-bond acceptors (Lipinski definition) is 6. The Morgan fingerprint density at radius 3 is 2.70 bits per heavy atom. The molecule has 6 nitrogen and oxygen atoms in total. The quantitative estimate of drug-likeness (QED) is 0.608. The molecule has 27 heavy (non-hydrogen) atoms. The summed E-state index contributed by atoms with van der Waals surface area (Å²) in [4.78, 5) is 20.5. The minimum Gasteiger partial charge on any atom is -0.465 e. The van der Waals surface area contributed by atoms with E-state index in [4.69, 9.17) is 16.3 Å². The van der Waals surface area contributed by atoms with Gasteiger partial charge in [0.1, 0.15) is 5.82 Å². The summed E-state index contributed by atoms with van der Waals surface area (Å²) in [5.41, 5.74) is 2.93. The van der Waals surface area contributed by atoms with Crippen molar-refractivity contribution in [1.82, 2.24) is 9.97 Å². The van der Waals surface area contributed by atoms with Gasteiger partial charge in [0, 0.05) is 29.0 Å². The van der Waals surface area contributed by atoms with E-state index in [9.17, 15) is 4.79 Å². The highest BCUT2D eigenvalue weighted by molar-refractivity contribution is 6.31. The first kappa shape index (κ1) is 18.7. The third-order valence-corrected chi connectivity index (χ3v) is 4.18. The van der Waals surface area contributed by atoms with Gasteiger partial charge >= 0.3 is 5.97 Å². The van der Waals surface area contributed by atoms with E-state index in [0.717, 1.165) is 11.3 Å². The van der Waals surface area contributed by atoms with Crippen LogP contribution in [0.3, 0.4) is 0 Å². The second-order valence-electron chi connectivity index (χ2n) is 5.86. The Bertz CT molecular complexity index is 962. The predicted octanol–water partition coefficient (Wildman–Crippen LogP) is 4.58. The van der Waals surface area contributed by atoms with E-state index in [1.807, 2.05) is 43.3 Å². The smallest absolute Gasteiger partial charge is 0.337 e. The molecule has 1 heterocycles. The van der Waals surface area contributed by atoms with E-state index in [-0.39, 0.29) is 0 Å². The molecule has 0 radical (unpaired) electrons. The molecule has 2 N–H and O–H groups in total. The van der Waals surface area contributed by atoms with Gasteiger partial charge in [-0.2, -0.15) is 4.98 Å². The lowest BCUT2D eigenvalue weighted by atomic mass is 10.2. The summed E-state index contributed by atoms with van der Waals surface area (Å²) in [6, 6.07) is 16.5. The number of anilines is 3. The van der Waals surface area contributed by atoms with Crippen molar-refractivity contribution in [2.45, 2.75) is 13.5 Å². The normalized spacial score (nSPS) is 10.3. The highest BCUT2D eigenvalue weighted by Crippen LogP contribution is 2.19. The Morgan fingerprint density at radius 2 is 1.93 bits per heavy atom. The average Bonchev–Trinajstić information content (AvgIpc) is 2.66. The SMILES string of the molecule is COC(=O)c1cccc(Nc2nc(C)cc(NCc3ccccc3Cl)n2)c1. The summed E-state index contributed by atoms with van der Waals surface area (Å²) in [7, 11) is 1.35. The van der Waals surface area contributed by atoms with Crippen molar-refractivity contribution < 1.29 is 9.53 Å². The molecule has 0 aliphatic heterocycles. The second kappa shape index (κ2) is 8.51. The van der Waals surface area contributed by atoms with Crippen LogP contribution in [0.5, 0.6) is 0 Å². The summed E-state index contributed by atoms with van der Waals surface area (Å²) in [5, 5.41) is 7.08. The largest absolute Gasteiger partial charge is 0.465 e. The van der Waals surface area contributed by atoms with E-state index in [1.165, 1.54) is 7.11 Å². The number of benzene rings is 2. The summed E-state index contributed by atoms with van der Waals surface area (Å²) in [6.07, 6.45) is 0. The number of halogens is 1. The third kappa shape index (κ3) is 4.95. The maximum Gasteiger partial charge on any atom is 0.337 e. The van der Waals surface area contributed by atoms with Gasteiger partial charge in [0.05, 0.1) is 12.7 Å². The fraction of sp³-hybridized carbons (Fsp3) is 0.150. The Hall–Kier alpha value is -3.12. The van der Waals surface area contributed by atoms with Gasteiger partial charge in [-0.25, -0.2) is 9.78 Å². The Morgan fingerprint density at radius 1 is 1.11 bits per heavy atom. The molecule has 0 spiro atoms. The van der Waals surface area contributed by atoms with Gasteiger partial charge in [-0.1, -0.05) is 35.9 Å². The maximum atomic E-state index is 11.7. The summed E-state index contributed by atoms with van der Waals surface area (Å²) in [5.74, 6) is 0.707. The van der Waals surface area contributed by atoms with E-state index >= 15 is 0 Å². The van der Waals surface area contributed by atoms with Gasteiger partial charge in [-0.3, -0.25) is 0 Å². The van der Waals surface area contributed by atoms with Crippen LogP contribution in [-0.2, 0) is 11.3 Å². The predicted molar refractivity (Wildman–Crippen MR) is 107 cm³/mol. The van der Waals surface area contributed by atoms with Crippen molar-refractivity contribution in [1.29, 1.82) is 0 Å². The van der Waals surface area contributed by atoms with Gasteiger partial charge < -0.3 is 15.4 Å². The first-order valence-electron chi connectivity index (χ1n) is 8.33. The molecule has 3 rings (SSSR count). The molecule has 3 aromatic rings. The van der Waals surface area contributed by atoms with Crippen molar-refractivity contribution in [2.75, 3.05) is 17.7 Å². The number of aromatic nitrogens is 2. The molecule has 0 saturated heterocycles. The number of esters is 1. The molecule has 0 amide bonds. The minimum atomic E-state index is -0.397. The molecule has 0 bridgehead atoms. The molecule has 2 aromatic carbocycles. The number of nitrogens with one attached hydrogen (secondary N) is 2. The first-order chi connectivity index (χ1) is 13.0. The number of methoxy groups -OCH3 is 1. The average molecular weight is 383 g/mol. The zero-order chi connectivity index (χ0) is 19.2. The number of carbonyl (C=O) groups is 1. The van der Waals surface area contributed by atoms with Crippen LogP contribution in [-0.4, -0.2) is 23.0 Å². The molecular weight excluding hydrogens is 364 g/mol. The molecule has 0 aliphatic carbocycles. The summed E-state index contributed by atoms with van der Waals surface area (Å²) < 4.78 is 4.74. The maximum absolute atomic E-state index is 11.7. The van der Waals surface area contributed by atoms with Crippen molar-refractivity contribution in [3.8, 4) is 0 Å². The molecule has 7 heteroatoms. The lowest BCUT2D eigenvalue weighted by Gasteiger charge is -2.11. The fourth-order valence-corrected chi connectivity index (χ4v) is 2.72. The third-order valence-electron chi connectivity index (χ3n) is 3.81. The number of nitrogens with zero attached hydrogens (tertiary/aromatic N) is 2.